The van der Waals surface area contributed by atoms with Crippen LogP contribution in [0.1, 0.15) is 12.5 Å². The van der Waals surface area contributed by atoms with Gasteiger partial charge in [-0.25, -0.2) is 0 Å². The van der Waals surface area contributed by atoms with Gasteiger partial charge in [-0.15, -0.1) is 0 Å². The van der Waals surface area contributed by atoms with Crippen LogP contribution in [0.15, 0.2) is 12.1 Å². The van der Waals surface area contributed by atoms with Gasteiger partial charge in [0.1, 0.15) is 0 Å². The van der Waals surface area contributed by atoms with E-state index in [9.17, 15) is 0 Å². The molecule has 0 radical (unpaired) electrons. The third-order valence-corrected chi connectivity index (χ3v) is 3.83. The Morgan fingerprint density at radius 1 is 1.37 bits per heavy atom. The van der Waals surface area contributed by atoms with E-state index in [2.05, 4.69) is 17.1 Å². The van der Waals surface area contributed by atoms with Crippen LogP contribution in [-0.2, 0) is 6.54 Å². The Kier molecular flexibility index (Phi) is 4.91. The van der Waals surface area contributed by atoms with Crippen LogP contribution < -0.4 is 14.8 Å². The second kappa shape index (κ2) is 6.46. The highest BCUT2D eigenvalue weighted by Crippen LogP contribution is 2.37. The quantitative estimate of drug-likeness (QED) is 0.919. The molecular weight excluding hydrogens is 264 g/mol. The van der Waals surface area contributed by atoms with Gasteiger partial charge in [0.15, 0.2) is 11.5 Å². The summed E-state index contributed by atoms with van der Waals surface area (Å²) in [5, 5.41) is 4.08. The van der Waals surface area contributed by atoms with E-state index in [1.807, 2.05) is 12.1 Å². The predicted molar refractivity (Wildman–Crippen MR) is 77.3 cm³/mol. The molecule has 1 fully saturated rings. The topological polar surface area (TPSA) is 33.7 Å². The summed E-state index contributed by atoms with van der Waals surface area (Å²) in [6.45, 7) is 6.12. The number of methoxy groups -OCH3 is 2. The Morgan fingerprint density at radius 2 is 2.16 bits per heavy atom. The van der Waals surface area contributed by atoms with E-state index >= 15 is 0 Å². The average Bonchev–Trinajstić information content (AvgIpc) is 2.41. The monoisotopic (exact) mass is 284 g/mol. The maximum atomic E-state index is 6.40. The Hall–Kier alpha value is -0.970. The molecular formula is C14H21ClN2O2. The fourth-order valence-corrected chi connectivity index (χ4v) is 2.74. The molecule has 1 N–H and O–H groups in total. The first-order valence-corrected chi connectivity index (χ1v) is 6.88. The molecule has 5 heteroatoms. The lowest BCUT2D eigenvalue weighted by Crippen LogP contribution is -2.48. The fraction of sp³-hybridized carbons (Fsp3) is 0.571. The van der Waals surface area contributed by atoms with Crippen LogP contribution in [0.4, 0.5) is 0 Å². The first-order valence-electron chi connectivity index (χ1n) is 6.50. The molecule has 106 valence electrons. The molecule has 0 amide bonds. The van der Waals surface area contributed by atoms with Crippen molar-refractivity contribution in [2.24, 2.45) is 0 Å². The highest BCUT2D eigenvalue weighted by atomic mass is 35.5. The zero-order valence-corrected chi connectivity index (χ0v) is 12.5. The smallest absolute Gasteiger partial charge is 0.179 e. The highest BCUT2D eigenvalue weighted by Gasteiger charge is 2.19. The molecule has 1 aromatic carbocycles. The molecule has 0 saturated carbocycles. The number of hydrogen-bond acceptors (Lipinski definition) is 4. The van der Waals surface area contributed by atoms with E-state index in [1.165, 1.54) is 0 Å². The number of nitrogens with zero attached hydrogens (tertiary/aromatic N) is 1. The minimum Gasteiger partial charge on any atom is -0.493 e. The fourth-order valence-electron chi connectivity index (χ4n) is 2.45. The van der Waals surface area contributed by atoms with Gasteiger partial charge in [-0.3, -0.25) is 4.90 Å². The number of nitrogens with one attached hydrogen (secondary N) is 1. The molecule has 1 aliphatic heterocycles. The van der Waals surface area contributed by atoms with Crippen LogP contribution in [0.5, 0.6) is 11.5 Å². The lowest BCUT2D eigenvalue weighted by Gasteiger charge is -2.32. The second-order valence-electron chi connectivity index (χ2n) is 4.86. The van der Waals surface area contributed by atoms with Crippen molar-refractivity contribution < 1.29 is 9.47 Å². The molecule has 1 unspecified atom stereocenters. The van der Waals surface area contributed by atoms with Crippen molar-refractivity contribution in [3.05, 3.63) is 22.7 Å². The third-order valence-electron chi connectivity index (χ3n) is 3.41. The van der Waals surface area contributed by atoms with E-state index in [0.29, 0.717) is 22.6 Å². The Bertz CT molecular complexity index is 440. The molecule has 1 saturated heterocycles. The van der Waals surface area contributed by atoms with E-state index < -0.39 is 0 Å². The van der Waals surface area contributed by atoms with Crippen LogP contribution in [-0.4, -0.2) is 44.8 Å². The summed E-state index contributed by atoms with van der Waals surface area (Å²) in [5.41, 5.74) is 1.08. The number of ether oxygens (including phenoxy) is 2. The van der Waals surface area contributed by atoms with E-state index in [1.54, 1.807) is 14.2 Å². The Labute approximate surface area is 119 Å². The molecule has 1 heterocycles. The van der Waals surface area contributed by atoms with Gasteiger partial charge in [0.05, 0.1) is 19.2 Å². The normalized spacial score (nSPS) is 20.3. The minimum absolute atomic E-state index is 0.521. The summed E-state index contributed by atoms with van der Waals surface area (Å²) < 4.78 is 10.6. The highest BCUT2D eigenvalue weighted by molar-refractivity contribution is 6.33. The summed E-state index contributed by atoms with van der Waals surface area (Å²) in [4.78, 5) is 2.40. The first kappa shape index (κ1) is 14.4. The maximum Gasteiger partial charge on any atom is 0.179 e. The van der Waals surface area contributed by atoms with Gasteiger partial charge in [-0.1, -0.05) is 17.7 Å². The van der Waals surface area contributed by atoms with Crippen molar-refractivity contribution in [2.45, 2.75) is 19.5 Å². The second-order valence-corrected chi connectivity index (χ2v) is 5.24. The molecule has 1 aliphatic rings. The van der Waals surface area contributed by atoms with Crippen LogP contribution >= 0.6 is 11.6 Å². The van der Waals surface area contributed by atoms with Crippen LogP contribution in [0.3, 0.4) is 0 Å². The standard InChI is InChI=1S/C14H21ClN2O2/c1-10-8-17(7-6-16-10)9-11-4-5-12(18-2)14(19-3)13(11)15/h4-5,10,16H,6-9H2,1-3H3. The minimum atomic E-state index is 0.521. The van der Waals surface area contributed by atoms with Gasteiger partial charge in [0.25, 0.3) is 0 Å². The van der Waals surface area contributed by atoms with Crippen LogP contribution in [0, 0.1) is 0 Å². The largest absolute Gasteiger partial charge is 0.493 e. The van der Waals surface area contributed by atoms with Crippen molar-refractivity contribution in [1.29, 1.82) is 0 Å². The predicted octanol–water partition coefficient (Wildman–Crippen LogP) is 2.15. The molecule has 1 aromatic rings. The Balaban J connectivity index is 2.16. The van der Waals surface area contributed by atoms with Gasteiger partial charge in [0.2, 0.25) is 0 Å². The van der Waals surface area contributed by atoms with Crippen molar-refractivity contribution in [1.82, 2.24) is 10.2 Å². The lowest BCUT2D eigenvalue weighted by molar-refractivity contribution is 0.199. The third kappa shape index (κ3) is 3.32. The van der Waals surface area contributed by atoms with Gasteiger partial charge < -0.3 is 14.8 Å². The van der Waals surface area contributed by atoms with Gasteiger partial charge >= 0.3 is 0 Å². The average molecular weight is 285 g/mol. The van der Waals surface area contributed by atoms with E-state index in [0.717, 1.165) is 31.7 Å². The summed E-state index contributed by atoms with van der Waals surface area (Å²) in [7, 11) is 3.23. The summed E-state index contributed by atoms with van der Waals surface area (Å²) in [5.74, 6) is 1.29. The van der Waals surface area contributed by atoms with Gasteiger partial charge in [-0.2, -0.15) is 0 Å². The van der Waals surface area contributed by atoms with Crippen LogP contribution in [0.25, 0.3) is 0 Å². The SMILES string of the molecule is COc1ccc(CN2CCNC(C)C2)c(Cl)c1OC. The number of rotatable bonds is 4. The molecule has 2 rings (SSSR count). The van der Waals surface area contributed by atoms with E-state index in [-0.39, 0.29) is 0 Å². The summed E-state index contributed by atoms with van der Waals surface area (Å²) in [6.07, 6.45) is 0. The van der Waals surface area contributed by atoms with Crippen molar-refractivity contribution in [3.63, 3.8) is 0 Å². The molecule has 0 aromatic heterocycles. The van der Waals surface area contributed by atoms with Gasteiger partial charge in [-0.05, 0) is 18.6 Å². The molecule has 4 nitrogen and oxygen atoms in total. The summed E-state index contributed by atoms with van der Waals surface area (Å²) >= 11 is 6.40. The van der Waals surface area contributed by atoms with Crippen molar-refractivity contribution in [3.8, 4) is 11.5 Å². The molecule has 1 atom stereocenters. The van der Waals surface area contributed by atoms with Crippen LogP contribution in [0.2, 0.25) is 5.02 Å². The van der Waals surface area contributed by atoms with Crippen molar-refractivity contribution >= 4 is 11.6 Å². The maximum absolute atomic E-state index is 6.40. The Morgan fingerprint density at radius 3 is 2.79 bits per heavy atom. The zero-order chi connectivity index (χ0) is 13.8. The zero-order valence-electron chi connectivity index (χ0n) is 11.7. The molecule has 0 bridgehead atoms. The number of piperazine rings is 1. The summed E-state index contributed by atoms with van der Waals surface area (Å²) in [6, 6.07) is 4.44. The molecule has 0 spiro atoms. The number of halogens is 1. The van der Waals surface area contributed by atoms with Crippen molar-refractivity contribution in [2.75, 3.05) is 33.9 Å². The molecule has 19 heavy (non-hydrogen) atoms. The number of hydrogen-bond donors (Lipinski definition) is 1. The lowest BCUT2D eigenvalue weighted by atomic mass is 10.1. The first-order chi connectivity index (χ1) is 9.15. The van der Waals surface area contributed by atoms with Gasteiger partial charge in [0, 0.05) is 32.2 Å². The molecule has 0 aliphatic carbocycles. The number of benzene rings is 1. The van der Waals surface area contributed by atoms with E-state index in [4.69, 9.17) is 21.1 Å².